The van der Waals surface area contributed by atoms with Gasteiger partial charge in [-0.2, -0.15) is 0 Å². The Hall–Kier alpha value is -1.28. The third kappa shape index (κ3) is 2.30. The average Bonchev–Trinajstić information content (AvgIpc) is 2.43. The molecule has 3 heterocycles. The van der Waals surface area contributed by atoms with Crippen molar-refractivity contribution in [2.45, 2.75) is 31.8 Å². The van der Waals surface area contributed by atoms with Crippen LogP contribution in [0.25, 0.3) is 0 Å². The minimum atomic E-state index is 0.545. The number of piperidine rings is 3. The Bertz CT molecular complexity index is 419. The monoisotopic (exact) mass is 242 g/mol. The minimum absolute atomic E-state index is 0.545. The van der Waals surface area contributed by atoms with Crippen LogP contribution in [-0.2, 0) is 6.42 Å². The molecule has 0 radical (unpaired) electrons. The number of benzene rings is 1. The summed E-state index contributed by atoms with van der Waals surface area (Å²) in [5.41, 5.74) is 2.64. The van der Waals surface area contributed by atoms with Gasteiger partial charge in [0.15, 0.2) is 0 Å². The Labute approximate surface area is 110 Å². The van der Waals surface area contributed by atoms with Gasteiger partial charge in [-0.15, -0.1) is 6.58 Å². The summed E-state index contributed by atoms with van der Waals surface area (Å²) in [4.78, 5) is 2.60. The average molecular weight is 242 g/mol. The number of anilines is 1. The fourth-order valence-corrected chi connectivity index (χ4v) is 3.29. The SMILES string of the molecule is C=CCc1ccccc1NC1CC2CCN1CC2. The molecule has 0 saturated carbocycles. The van der Waals surface area contributed by atoms with E-state index in [1.54, 1.807) is 0 Å². The van der Waals surface area contributed by atoms with E-state index in [0.29, 0.717) is 6.17 Å². The Morgan fingerprint density at radius 3 is 2.72 bits per heavy atom. The predicted molar refractivity (Wildman–Crippen MR) is 76.7 cm³/mol. The summed E-state index contributed by atoms with van der Waals surface area (Å²) in [7, 11) is 0. The molecule has 1 aromatic carbocycles. The molecular formula is C16H22N2. The second kappa shape index (κ2) is 5.15. The highest BCUT2D eigenvalue weighted by molar-refractivity contribution is 5.52. The molecule has 1 unspecified atom stereocenters. The van der Waals surface area contributed by atoms with E-state index < -0.39 is 0 Å². The van der Waals surface area contributed by atoms with E-state index in [0.717, 1.165) is 12.3 Å². The summed E-state index contributed by atoms with van der Waals surface area (Å²) < 4.78 is 0. The number of rotatable bonds is 4. The van der Waals surface area contributed by atoms with Crippen molar-refractivity contribution in [3.05, 3.63) is 42.5 Å². The largest absolute Gasteiger partial charge is 0.369 e. The summed E-state index contributed by atoms with van der Waals surface area (Å²) in [6.45, 7) is 6.38. The maximum atomic E-state index is 3.84. The van der Waals surface area contributed by atoms with Crippen molar-refractivity contribution in [1.82, 2.24) is 4.90 Å². The Balaban J connectivity index is 1.74. The van der Waals surface area contributed by atoms with Crippen LogP contribution in [0.15, 0.2) is 36.9 Å². The molecule has 2 nitrogen and oxygen atoms in total. The molecule has 0 amide bonds. The van der Waals surface area contributed by atoms with E-state index in [4.69, 9.17) is 0 Å². The zero-order chi connectivity index (χ0) is 12.4. The van der Waals surface area contributed by atoms with Crippen LogP contribution >= 0.6 is 0 Å². The normalized spacial score (nSPS) is 30.1. The Kier molecular flexibility index (Phi) is 3.37. The molecule has 1 atom stereocenters. The number of fused-ring (bicyclic) bond motifs is 3. The van der Waals surface area contributed by atoms with Crippen molar-refractivity contribution in [3.63, 3.8) is 0 Å². The number of nitrogens with zero attached hydrogens (tertiary/aromatic N) is 1. The second-order valence-electron chi connectivity index (χ2n) is 5.53. The van der Waals surface area contributed by atoms with Crippen molar-refractivity contribution in [2.75, 3.05) is 18.4 Å². The van der Waals surface area contributed by atoms with Gasteiger partial charge in [0.1, 0.15) is 0 Å². The van der Waals surface area contributed by atoms with Crippen molar-refractivity contribution in [2.24, 2.45) is 5.92 Å². The third-order valence-corrected chi connectivity index (χ3v) is 4.35. The predicted octanol–water partition coefficient (Wildman–Crippen LogP) is 3.27. The van der Waals surface area contributed by atoms with Crippen LogP contribution in [0, 0.1) is 5.92 Å². The summed E-state index contributed by atoms with van der Waals surface area (Å²) in [6.07, 6.45) is 7.57. The second-order valence-corrected chi connectivity index (χ2v) is 5.53. The van der Waals surface area contributed by atoms with Crippen molar-refractivity contribution >= 4 is 5.69 Å². The standard InChI is InChI=1S/C16H22N2/c1-2-5-14-6-3-4-7-15(14)17-16-12-13-8-10-18(16)11-9-13/h2-4,6-7,13,16-17H,1,5,8-12H2. The molecule has 1 N–H and O–H groups in total. The van der Waals surface area contributed by atoms with Gasteiger partial charge in [0.25, 0.3) is 0 Å². The highest BCUT2D eigenvalue weighted by Gasteiger charge is 2.33. The van der Waals surface area contributed by atoms with Crippen LogP contribution in [-0.4, -0.2) is 24.2 Å². The molecule has 0 spiro atoms. The van der Waals surface area contributed by atoms with Crippen LogP contribution in [0.5, 0.6) is 0 Å². The molecule has 1 aromatic rings. The van der Waals surface area contributed by atoms with Gasteiger partial charge in [-0.05, 0) is 43.2 Å². The van der Waals surface area contributed by atoms with Gasteiger partial charge < -0.3 is 5.32 Å². The van der Waals surface area contributed by atoms with Gasteiger partial charge in [0, 0.05) is 18.8 Å². The zero-order valence-electron chi connectivity index (χ0n) is 10.9. The van der Waals surface area contributed by atoms with Crippen LogP contribution < -0.4 is 5.32 Å². The summed E-state index contributed by atoms with van der Waals surface area (Å²) in [5.74, 6) is 0.944. The first-order chi connectivity index (χ1) is 8.86. The van der Waals surface area contributed by atoms with E-state index in [1.807, 2.05) is 6.08 Å². The topological polar surface area (TPSA) is 15.3 Å². The first kappa shape index (κ1) is 11.8. The molecule has 3 aliphatic rings. The molecule has 4 rings (SSSR count). The number of allylic oxidation sites excluding steroid dienone is 1. The number of para-hydroxylation sites is 1. The van der Waals surface area contributed by atoms with Gasteiger partial charge in [0.05, 0.1) is 6.17 Å². The van der Waals surface area contributed by atoms with E-state index in [1.165, 1.54) is 43.6 Å². The maximum Gasteiger partial charge on any atom is 0.0796 e. The first-order valence-corrected chi connectivity index (χ1v) is 7.06. The molecule has 3 saturated heterocycles. The molecule has 3 fully saturated rings. The highest BCUT2D eigenvalue weighted by Crippen LogP contribution is 2.32. The summed E-state index contributed by atoms with van der Waals surface area (Å²) in [6, 6.07) is 8.62. The first-order valence-electron chi connectivity index (χ1n) is 7.06. The zero-order valence-corrected chi connectivity index (χ0v) is 10.9. The van der Waals surface area contributed by atoms with Gasteiger partial charge in [0.2, 0.25) is 0 Å². The molecule has 2 bridgehead atoms. The molecule has 18 heavy (non-hydrogen) atoms. The quantitative estimate of drug-likeness (QED) is 0.815. The van der Waals surface area contributed by atoms with Crippen molar-refractivity contribution < 1.29 is 0 Å². The smallest absolute Gasteiger partial charge is 0.0796 e. The Morgan fingerprint density at radius 1 is 1.28 bits per heavy atom. The van der Waals surface area contributed by atoms with E-state index in [-0.39, 0.29) is 0 Å². The lowest BCUT2D eigenvalue weighted by Crippen LogP contribution is -2.52. The van der Waals surface area contributed by atoms with Gasteiger partial charge in [-0.25, -0.2) is 0 Å². The fourth-order valence-electron chi connectivity index (χ4n) is 3.29. The molecule has 96 valence electrons. The van der Waals surface area contributed by atoms with Crippen molar-refractivity contribution in [1.29, 1.82) is 0 Å². The maximum absolute atomic E-state index is 3.84. The molecule has 2 heteroatoms. The van der Waals surface area contributed by atoms with E-state index in [9.17, 15) is 0 Å². The van der Waals surface area contributed by atoms with Crippen molar-refractivity contribution in [3.8, 4) is 0 Å². The van der Waals surface area contributed by atoms with Gasteiger partial charge in [-0.3, -0.25) is 4.90 Å². The van der Waals surface area contributed by atoms with Crippen LogP contribution in [0.2, 0.25) is 0 Å². The number of nitrogens with one attached hydrogen (secondary N) is 1. The molecule has 3 aliphatic heterocycles. The number of hydrogen-bond donors (Lipinski definition) is 1. The fraction of sp³-hybridized carbons (Fsp3) is 0.500. The lowest BCUT2D eigenvalue weighted by Gasteiger charge is -2.46. The minimum Gasteiger partial charge on any atom is -0.369 e. The highest BCUT2D eigenvalue weighted by atomic mass is 15.3. The molecule has 0 aromatic heterocycles. The summed E-state index contributed by atoms with van der Waals surface area (Å²) in [5, 5.41) is 3.74. The van der Waals surface area contributed by atoms with E-state index >= 15 is 0 Å². The van der Waals surface area contributed by atoms with Gasteiger partial charge in [-0.1, -0.05) is 24.3 Å². The van der Waals surface area contributed by atoms with Gasteiger partial charge >= 0.3 is 0 Å². The lowest BCUT2D eigenvalue weighted by atomic mass is 9.86. The molecule has 0 aliphatic carbocycles. The lowest BCUT2D eigenvalue weighted by molar-refractivity contribution is 0.0639. The van der Waals surface area contributed by atoms with Crippen LogP contribution in [0.3, 0.4) is 0 Å². The third-order valence-electron chi connectivity index (χ3n) is 4.35. The number of hydrogen-bond acceptors (Lipinski definition) is 2. The Morgan fingerprint density at radius 2 is 2.06 bits per heavy atom. The van der Waals surface area contributed by atoms with Crippen LogP contribution in [0.4, 0.5) is 5.69 Å². The summed E-state index contributed by atoms with van der Waals surface area (Å²) >= 11 is 0. The van der Waals surface area contributed by atoms with Crippen LogP contribution in [0.1, 0.15) is 24.8 Å². The molecular weight excluding hydrogens is 220 g/mol. The van der Waals surface area contributed by atoms with E-state index in [2.05, 4.69) is 41.1 Å².